The van der Waals surface area contributed by atoms with Crippen LogP contribution in [0.2, 0.25) is 0 Å². The Hall–Kier alpha value is -2.47. The lowest BCUT2D eigenvalue weighted by Crippen LogP contribution is -2.44. The number of nitrogens with zero attached hydrogens (tertiary/aromatic N) is 1. The van der Waals surface area contributed by atoms with Gasteiger partial charge in [-0.25, -0.2) is 4.79 Å². The third kappa shape index (κ3) is 5.54. The van der Waals surface area contributed by atoms with Gasteiger partial charge in [0.25, 0.3) is 5.91 Å². The Morgan fingerprint density at radius 2 is 1.69 bits per heavy atom. The maximum absolute atomic E-state index is 12.7. The van der Waals surface area contributed by atoms with Crippen LogP contribution in [-0.2, 0) is 26.8 Å². The van der Waals surface area contributed by atoms with Gasteiger partial charge < -0.3 is 9.64 Å². The quantitative estimate of drug-likeness (QED) is 0.681. The van der Waals surface area contributed by atoms with E-state index in [4.69, 9.17) is 4.74 Å². The number of piperidine rings is 1. The van der Waals surface area contributed by atoms with Gasteiger partial charge in [-0.2, -0.15) is 0 Å². The highest BCUT2D eigenvalue weighted by molar-refractivity contribution is 7.84. The number of esters is 1. The van der Waals surface area contributed by atoms with Gasteiger partial charge in [-0.05, 0) is 49.8 Å². The van der Waals surface area contributed by atoms with Crippen LogP contribution < -0.4 is 0 Å². The van der Waals surface area contributed by atoms with Gasteiger partial charge in [0.1, 0.15) is 0 Å². The topological polar surface area (TPSA) is 63.7 Å². The van der Waals surface area contributed by atoms with E-state index in [1.54, 1.807) is 36.1 Å². The highest BCUT2D eigenvalue weighted by atomic mass is 32.2. The van der Waals surface area contributed by atoms with Crippen molar-refractivity contribution in [3.63, 3.8) is 0 Å². The molecular formula is C23H27NO4S. The summed E-state index contributed by atoms with van der Waals surface area (Å²) in [6.07, 6.45) is 3.56. The van der Waals surface area contributed by atoms with Gasteiger partial charge in [0, 0.05) is 19.3 Å². The number of hydrogen-bond acceptors (Lipinski definition) is 4. The smallest absolute Gasteiger partial charge is 0.340 e. The number of carbonyl (C=O) groups excluding carboxylic acids is 2. The second kappa shape index (κ2) is 9.83. The fourth-order valence-electron chi connectivity index (χ4n) is 3.72. The molecule has 1 aliphatic rings. The van der Waals surface area contributed by atoms with E-state index in [2.05, 4.69) is 24.3 Å². The van der Waals surface area contributed by atoms with Crippen LogP contribution >= 0.6 is 0 Å². The van der Waals surface area contributed by atoms with Gasteiger partial charge in [-0.1, -0.05) is 42.5 Å². The van der Waals surface area contributed by atoms with Gasteiger partial charge in [-0.3, -0.25) is 9.00 Å². The van der Waals surface area contributed by atoms with E-state index in [-0.39, 0.29) is 11.5 Å². The second-order valence-corrected chi connectivity index (χ2v) is 8.80. The molecule has 1 fully saturated rings. The Bertz CT molecular complexity index is 875. The third-order valence-corrected chi connectivity index (χ3v) is 6.32. The molecule has 6 heteroatoms. The maximum Gasteiger partial charge on any atom is 0.340 e. The first-order valence-corrected chi connectivity index (χ1v) is 11.5. The molecule has 29 heavy (non-hydrogen) atoms. The molecule has 154 valence electrons. The first-order valence-electron chi connectivity index (χ1n) is 9.92. The molecule has 0 aromatic heterocycles. The van der Waals surface area contributed by atoms with Crippen molar-refractivity contribution < 1.29 is 18.5 Å². The van der Waals surface area contributed by atoms with Gasteiger partial charge in [0.05, 0.1) is 21.3 Å². The number of amides is 1. The van der Waals surface area contributed by atoms with E-state index < -0.39 is 22.9 Å². The number of rotatable bonds is 6. The van der Waals surface area contributed by atoms with Crippen molar-refractivity contribution in [1.82, 2.24) is 4.90 Å². The summed E-state index contributed by atoms with van der Waals surface area (Å²) in [5.41, 5.74) is 1.57. The summed E-state index contributed by atoms with van der Waals surface area (Å²) in [6, 6.07) is 17.0. The molecule has 2 aromatic carbocycles. The zero-order chi connectivity index (χ0) is 20.8. The van der Waals surface area contributed by atoms with Crippen molar-refractivity contribution in [3.8, 4) is 0 Å². The predicted molar refractivity (Wildman–Crippen MR) is 113 cm³/mol. The highest BCUT2D eigenvalue weighted by Gasteiger charge is 2.29. The van der Waals surface area contributed by atoms with Crippen molar-refractivity contribution in [2.24, 2.45) is 5.92 Å². The van der Waals surface area contributed by atoms with Crippen molar-refractivity contribution >= 4 is 22.7 Å². The minimum absolute atomic E-state index is 0.174. The standard InChI is InChI=1S/C23H27NO4S/c1-17(28-23(26)20-10-6-7-11-21(20)29(2)27)22(25)24-14-12-19(13-15-24)16-18-8-4-3-5-9-18/h3-11,17,19H,12-16H2,1-2H3/t17-,29-/m1/s1. The molecule has 0 saturated carbocycles. The minimum atomic E-state index is -1.31. The van der Waals surface area contributed by atoms with Gasteiger partial charge >= 0.3 is 5.97 Å². The molecule has 2 aromatic rings. The average molecular weight is 414 g/mol. The fourth-order valence-corrected chi connectivity index (χ4v) is 4.45. The third-order valence-electron chi connectivity index (χ3n) is 5.34. The lowest BCUT2D eigenvalue weighted by molar-refractivity contribution is -0.141. The zero-order valence-electron chi connectivity index (χ0n) is 16.9. The van der Waals surface area contributed by atoms with Crippen LogP contribution in [0.3, 0.4) is 0 Å². The largest absolute Gasteiger partial charge is 0.449 e. The summed E-state index contributed by atoms with van der Waals surface area (Å²) >= 11 is 0. The fraction of sp³-hybridized carbons (Fsp3) is 0.391. The van der Waals surface area contributed by atoms with E-state index >= 15 is 0 Å². The average Bonchev–Trinajstić information content (AvgIpc) is 2.74. The molecule has 0 aliphatic carbocycles. The Morgan fingerprint density at radius 1 is 1.07 bits per heavy atom. The monoisotopic (exact) mass is 413 g/mol. The van der Waals surface area contributed by atoms with Crippen LogP contribution in [0.1, 0.15) is 35.7 Å². The Balaban J connectivity index is 1.53. The number of ether oxygens (including phenoxy) is 1. The van der Waals surface area contributed by atoms with Gasteiger partial charge in [-0.15, -0.1) is 0 Å². The van der Waals surface area contributed by atoms with E-state index in [0.717, 1.165) is 19.3 Å². The molecule has 0 unspecified atom stereocenters. The van der Waals surface area contributed by atoms with E-state index in [1.165, 1.54) is 11.8 Å². The molecule has 1 aliphatic heterocycles. The summed E-state index contributed by atoms with van der Waals surface area (Å²) in [6.45, 7) is 2.95. The van der Waals surface area contributed by atoms with E-state index in [1.807, 2.05) is 6.07 Å². The molecule has 0 spiro atoms. The molecular weight excluding hydrogens is 386 g/mol. The second-order valence-electron chi connectivity index (χ2n) is 7.46. The number of hydrogen-bond donors (Lipinski definition) is 0. The Morgan fingerprint density at radius 3 is 2.34 bits per heavy atom. The minimum Gasteiger partial charge on any atom is -0.449 e. The van der Waals surface area contributed by atoms with Gasteiger partial charge in [0.2, 0.25) is 0 Å². The number of carbonyl (C=O) groups is 2. The van der Waals surface area contributed by atoms with E-state index in [0.29, 0.717) is 23.9 Å². The Kier molecular flexibility index (Phi) is 7.20. The molecule has 0 N–H and O–H groups in total. The molecule has 1 saturated heterocycles. The lowest BCUT2D eigenvalue weighted by Gasteiger charge is -2.33. The summed E-state index contributed by atoms with van der Waals surface area (Å²) in [5, 5.41) is 0. The van der Waals surface area contributed by atoms with Crippen LogP contribution in [-0.4, -0.2) is 46.4 Å². The highest BCUT2D eigenvalue weighted by Crippen LogP contribution is 2.23. The molecule has 1 heterocycles. The maximum atomic E-state index is 12.7. The molecule has 0 radical (unpaired) electrons. The Labute approximate surface area is 174 Å². The molecule has 5 nitrogen and oxygen atoms in total. The summed E-state index contributed by atoms with van der Waals surface area (Å²) < 4.78 is 17.2. The van der Waals surface area contributed by atoms with E-state index in [9.17, 15) is 13.8 Å². The van der Waals surface area contributed by atoms with Crippen LogP contribution in [0.5, 0.6) is 0 Å². The van der Waals surface area contributed by atoms with Crippen molar-refractivity contribution in [1.29, 1.82) is 0 Å². The first kappa shape index (κ1) is 21.2. The van der Waals surface area contributed by atoms with Gasteiger partial charge in [0.15, 0.2) is 6.10 Å². The first-order chi connectivity index (χ1) is 14.0. The zero-order valence-corrected chi connectivity index (χ0v) is 17.7. The van der Waals surface area contributed by atoms with Crippen LogP contribution in [0.4, 0.5) is 0 Å². The summed E-state index contributed by atoms with van der Waals surface area (Å²) in [4.78, 5) is 27.4. The number of likely N-dealkylation sites (tertiary alicyclic amines) is 1. The molecule has 3 rings (SSSR count). The predicted octanol–water partition coefficient (Wildman–Crippen LogP) is 3.45. The molecule has 1 amide bonds. The summed E-state index contributed by atoms with van der Waals surface area (Å²) in [7, 11) is -1.31. The SMILES string of the molecule is C[C@@H](OC(=O)c1ccccc1[S@@](C)=O)C(=O)N1CCC(Cc2ccccc2)CC1. The van der Waals surface area contributed by atoms with Crippen molar-refractivity contribution in [3.05, 3.63) is 65.7 Å². The van der Waals surface area contributed by atoms with Crippen molar-refractivity contribution in [2.75, 3.05) is 19.3 Å². The lowest BCUT2D eigenvalue weighted by atomic mass is 9.90. The van der Waals surface area contributed by atoms with Crippen LogP contribution in [0.25, 0.3) is 0 Å². The normalized spacial score (nSPS) is 16.8. The van der Waals surface area contributed by atoms with Crippen LogP contribution in [0.15, 0.2) is 59.5 Å². The molecule has 0 bridgehead atoms. The van der Waals surface area contributed by atoms with Crippen LogP contribution in [0, 0.1) is 5.92 Å². The van der Waals surface area contributed by atoms with Crippen molar-refractivity contribution in [2.45, 2.75) is 37.2 Å². The molecule has 2 atom stereocenters. The number of benzene rings is 2. The summed E-state index contributed by atoms with van der Waals surface area (Å²) in [5.74, 6) is -0.229.